The van der Waals surface area contributed by atoms with E-state index >= 15 is 0 Å². The zero-order valence-corrected chi connectivity index (χ0v) is 13.6. The summed E-state index contributed by atoms with van der Waals surface area (Å²) in [6.07, 6.45) is 0.448. The molecule has 3 heterocycles. The minimum absolute atomic E-state index is 0.0240. The molecule has 4 nitrogen and oxygen atoms in total. The highest BCUT2D eigenvalue weighted by molar-refractivity contribution is 7.99. The zero-order valence-electron chi connectivity index (χ0n) is 11.2. The fourth-order valence-corrected chi connectivity index (χ4v) is 4.60. The number of thiophene rings is 2. The van der Waals surface area contributed by atoms with Gasteiger partial charge in [-0.05, 0) is 11.4 Å². The Hall–Kier alpha value is -1.62. The molecule has 0 radical (unpaired) electrons. The van der Waals surface area contributed by atoms with Crippen LogP contribution in [0.3, 0.4) is 0 Å². The van der Waals surface area contributed by atoms with Crippen molar-refractivity contribution in [2.24, 2.45) is 7.05 Å². The zero-order chi connectivity index (χ0) is 14.8. The Morgan fingerprint density at radius 3 is 3.05 bits per heavy atom. The van der Waals surface area contributed by atoms with E-state index in [1.807, 2.05) is 22.9 Å². The number of thioether (sulfide) groups is 1. The lowest BCUT2D eigenvalue weighted by Gasteiger charge is -2.06. The van der Waals surface area contributed by atoms with Gasteiger partial charge >= 0.3 is 0 Å². The van der Waals surface area contributed by atoms with E-state index in [2.05, 4.69) is 11.1 Å². The monoisotopic (exact) mass is 333 g/mol. The maximum atomic E-state index is 12.6. The Labute approximate surface area is 133 Å². The van der Waals surface area contributed by atoms with Gasteiger partial charge in [-0.1, -0.05) is 17.8 Å². The summed E-state index contributed by atoms with van der Waals surface area (Å²) in [7, 11) is 1.74. The van der Waals surface area contributed by atoms with Crippen molar-refractivity contribution in [1.82, 2.24) is 9.55 Å². The minimum Gasteiger partial charge on any atom is -0.290 e. The SMILES string of the molecule is Cn1c(SCCC#N)nc2scc(-c3cccs3)c2c1=O. The Bertz CT molecular complexity index is 871. The summed E-state index contributed by atoms with van der Waals surface area (Å²) < 4.78 is 1.58. The maximum Gasteiger partial charge on any atom is 0.263 e. The molecule has 0 aromatic carbocycles. The Morgan fingerprint density at radius 1 is 1.48 bits per heavy atom. The molecule has 0 N–H and O–H groups in total. The summed E-state index contributed by atoms with van der Waals surface area (Å²) in [6.45, 7) is 0. The molecule has 7 heteroatoms. The van der Waals surface area contributed by atoms with Crippen molar-refractivity contribution >= 4 is 44.7 Å². The molecule has 0 atom stereocenters. The number of nitriles is 1. The molecule has 0 saturated heterocycles. The largest absolute Gasteiger partial charge is 0.290 e. The van der Waals surface area contributed by atoms with Crippen LogP contribution in [0, 0.1) is 11.3 Å². The molecular formula is C14H11N3OS3. The van der Waals surface area contributed by atoms with E-state index in [1.54, 1.807) is 23.0 Å². The highest BCUT2D eigenvalue weighted by Crippen LogP contribution is 2.34. The normalized spacial score (nSPS) is 10.9. The molecule has 0 fully saturated rings. The third kappa shape index (κ3) is 2.62. The molecule has 0 saturated carbocycles. The summed E-state index contributed by atoms with van der Waals surface area (Å²) in [5, 5.41) is 14.0. The molecule has 0 bridgehead atoms. The molecule has 106 valence electrons. The molecule has 0 aliphatic rings. The average Bonchev–Trinajstić information content (AvgIpc) is 3.12. The lowest BCUT2D eigenvalue weighted by atomic mass is 10.2. The van der Waals surface area contributed by atoms with E-state index in [9.17, 15) is 4.79 Å². The first-order valence-corrected chi connectivity index (χ1v) is 8.98. The van der Waals surface area contributed by atoms with Crippen molar-refractivity contribution in [3.05, 3.63) is 33.2 Å². The summed E-state index contributed by atoms with van der Waals surface area (Å²) in [5.74, 6) is 0.644. The number of aromatic nitrogens is 2. The van der Waals surface area contributed by atoms with Crippen molar-refractivity contribution in [1.29, 1.82) is 5.26 Å². The standard InChI is InChI=1S/C14H11N3OS3/c1-17-13(18)11-9(10-4-2-6-19-10)8-21-12(11)16-14(17)20-7-3-5-15/h2,4,6,8H,3,7H2,1H3. The van der Waals surface area contributed by atoms with E-state index in [1.165, 1.54) is 23.1 Å². The number of hydrogen-bond acceptors (Lipinski definition) is 6. The van der Waals surface area contributed by atoms with Gasteiger partial charge in [0.15, 0.2) is 5.16 Å². The lowest BCUT2D eigenvalue weighted by molar-refractivity contribution is 0.728. The molecular weight excluding hydrogens is 322 g/mol. The molecule has 0 aliphatic carbocycles. The molecule has 0 spiro atoms. The van der Waals surface area contributed by atoms with Gasteiger partial charge in [0, 0.05) is 35.0 Å². The van der Waals surface area contributed by atoms with Gasteiger partial charge in [0.1, 0.15) is 4.83 Å². The summed E-state index contributed by atoms with van der Waals surface area (Å²) in [6, 6.07) is 6.09. The van der Waals surface area contributed by atoms with Crippen LogP contribution >= 0.6 is 34.4 Å². The van der Waals surface area contributed by atoms with Crippen LogP contribution in [-0.2, 0) is 7.05 Å². The highest BCUT2D eigenvalue weighted by atomic mass is 32.2. The molecule has 0 unspecified atom stereocenters. The van der Waals surface area contributed by atoms with Crippen molar-refractivity contribution in [3.63, 3.8) is 0 Å². The van der Waals surface area contributed by atoms with Crippen molar-refractivity contribution < 1.29 is 0 Å². The predicted octanol–water partition coefficient (Wildman–Crippen LogP) is 3.73. The first kappa shape index (κ1) is 14.3. The Morgan fingerprint density at radius 2 is 2.33 bits per heavy atom. The van der Waals surface area contributed by atoms with Crippen molar-refractivity contribution in [3.8, 4) is 16.5 Å². The molecule has 0 aliphatic heterocycles. The third-order valence-electron chi connectivity index (χ3n) is 3.01. The van der Waals surface area contributed by atoms with Crippen LogP contribution in [-0.4, -0.2) is 15.3 Å². The smallest absolute Gasteiger partial charge is 0.263 e. The van der Waals surface area contributed by atoms with Gasteiger partial charge in [-0.3, -0.25) is 9.36 Å². The Balaban J connectivity index is 2.12. The van der Waals surface area contributed by atoms with E-state index < -0.39 is 0 Å². The third-order valence-corrected chi connectivity index (χ3v) is 5.81. The van der Waals surface area contributed by atoms with E-state index in [4.69, 9.17) is 5.26 Å². The van der Waals surface area contributed by atoms with Gasteiger partial charge < -0.3 is 0 Å². The van der Waals surface area contributed by atoms with E-state index in [0.717, 1.165) is 15.3 Å². The second kappa shape index (κ2) is 6.02. The fourth-order valence-electron chi connectivity index (χ4n) is 1.98. The molecule has 21 heavy (non-hydrogen) atoms. The number of nitrogens with zero attached hydrogens (tertiary/aromatic N) is 3. The second-order valence-electron chi connectivity index (χ2n) is 4.32. The van der Waals surface area contributed by atoms with E-state index in [-0.39, 0.29) is 5.56 Å². The van der Waals surface area contributed by atoms with Gasteiger partial charge in [0.25, 0.3) is 5.56 Å². The summed E-state index contributed by atoms with van der Waals surface area (Å²) in [4.78, 5) is 19.0. The van der Waals surface area contributed by atoms with Gasteiger partial charge in [-0.25, -0.2) is 4.98 Å². The molecule has 0 amide bonds. The van der Waals surface area contributed by atoms with Gasteiger partial charge in [0.05, 0.1) is 11.5 Å². The van der Waals surface area contributed by atoms with Crippen LogP contribution in [0.15, 0.2) is 32.8 Å². The van der Waals surface area contributed by atoms with Gasteiger partial charge in [-0.2, -0.15) is 5.26 Å². The summed E-state index contributed by atoms with van der Waals surface area (Å²) >= 11 is 4.56. The predicted molar refractivity (Wildman–Crippen MR) is 89.1 cm³/mol. The van der Waals surface area contributed by atoms with Crippen LogP contribution in [0.4, 0.5) is 0 Å². The minimum atomic E-state index is -0.0240. The van der Waals surface area contributed by atoms with Crippen LogP contribution < -0.4 is 5.56 Å². The van der Waals surface area contributed by atoms with Gasteiger partial charge in [0.2, 0.25) is 0 Å². The lowest BCUT2D eigenvalue weighted by Crippen LogP contribution is -2.19. The maximum absolute atomic E-state index is 12.6. The van der Waals surface area contributed by atoms with Crippen molar-refractivity contribution in [2.45, 2.75) is 11.6 Å². The fraction of sp³-hybridized carbons (Fsp3) is 0.214. The number of hydrogen-bond donors (Lipinski definition) is 0. The van der Waals surface area contributed by atoms with Crippen LogP contribution in [0.25, 0.3) is 20.7 Å². The van der Waals surface area contributed by atoms with E-state index in [0.29, 0.717) is 22.7 Å². The quantitative estimate of drug-likeness (QED) is 0.415. The first-order chi connectivity index (χ1) is 10.2. The molecule has 3 rings (SSSR count). The Kier molecular flexibility index (Phi) is 4.10. The van der Waals surface area contributed by atoms with Crippen molar-refractivity contribution in [2.75, 3.05) is 5.75 Å². The number of fused-ring (bicyclic) bond motifs is 1. The number of rotatable bonds is 4. The van der Waals surface area contributed by atoms with Crippen LogP contribution in [0.2, 0.25) is 0 Å². The molecule has 3 aromatic heterocycles. The highest BCUT2D eigenvalue weighted by Gasteiger charge is 2.15. The van der Waals surface area contributed by atoms with Gasteiger partial charge in [-0.15, -0.1) is 22.7 Å². The first-order valence-electron chi connectivity index (χ1n) is 6.24. The molecule has 3 aromatic rings. The average molecular weight is 333 g/mol. The van der Waals surface area contributed by atoms with Crippen LogP contribution in [0.5, 0.6) is 0 Å². The summed E-state index contributed by atoms with van der Waals surface area (Å²) in [5.41, 5.74) is 0.941. The second-order valence-corrected chi connectivity index (χ2v) is 7.19. The van der Waals surface area contributed by atoms with Crippen LogP contribution in [0.1, 0.15) is 6.42 Å². The topological polar surface area (TPSA) is 58.7 Å².